The molecular weight excluding hydrogens is 540 g/mol. The Balaban J connectivity index is 1.61. The van der Waals surface area contributed by atoms with Gasteiger partial charge in [-0.05, 0) is 56.2 Å². The lowest BCUT2D eigenvalue weighted by atomic mass is 9.96. The molecule has 1 aliphatic heterocycles. The Bertz CT molecular complexity index is 1790. The molecule has 0 unspecified atom stereocenters. The predicted octanol–water partition coefficient (Wildman–Crippen LogP) is 4.59. The lowest BCUT2D eigenvalue weighted by Crippen LogP contribution is -2.35. The first-order chi connectivity index (χ1) is 19.9. The number of phenols is 1. The molecule has 210 valence electrons. The number of carbonyl (C=O) groups excluding carboxylic acids is 1. The van der Waals surface area contributed by atoms with Crippen molar-refractivity contribution in [1.29, 1.82) is 0 Å². The summed E-state index contributed by atoms with van der Waals surface area (Å²) in [4.78, 5) is 32.0. The summed E-state index contributed by atoms with van der Waals surface area (Å²) in [6.07, 6.45) is 1.63. The van der Waals surface area contributed by atoms with Gasteiger partial charge in [0.15, 0.2) is 16.3 Å². The van der Waals surface area contributed by atoms with Crippen LogP contribution < -0.4 is 24.4 Å². The number of phenolic OH excluding ortho intramolecular Hbond substituents is 1. The summed E-state index contributed by atoms with van der Waals surface area (Å²) in [7, 11) is 0. The van der Waals surface area contributed by atoms with Gasteiger partial charge in [-0.1, -0.05) is 65.9 Å². The van der Waals surface area contributed by atoms with E-state index in [2.05, 4.69) is 0 Å². The average Bonchev–Trinajstić information content (AvgIpc) is 3.29. The molecule has 1 aliphatic rings. The maximum absolute atomic E-state index is 13.5. The third kappa shape index (κ3) is 5.81. The van der Waals surface area contributed by atoms with Crippen molar-refractivity contribution in [3.05, 3.63) is 115 Å². The first kappa shape index (κ1) is 27.9. The Morgan fingerprint density at radius 2 is 1.76 bits per heavy atom. The van der Waals surface area contributed by atoms with Crippen LogP contribution in [0.4, 0.5) is 0 Å². The molecule has 0 bridgehead atoms. The molecule has 0 saturated heterocycles. The third-order valence-electron chi connectivity index (χ3n) is 6.58. The number of hydrogen-bond acceptors (Lipinski definition) is 8. The second-order valence-electron chi connectivity index (χ2n) is 9.26. The van der Waals surface area contributed by atoms with E-state index < -0.39 is 12.0 Å². The van der Waals surface area contributed by atoms with Crippen LogP contribution in [-0.2, 0) is 16.1 Å². The van der Waals surface area contributed by atoms with Crippen LogP contribution in [-0.4, -0.2) is 28.9 Å². The summed E-state index contributed by atoms with van der Waals surface area (Å²) < 4.78 is 19.2. The first-order valence-corrected chi connectivity index (χ1v) is 14.1. The highest BCUT2D eigenvalue weighted by Crippen LogP contribution is 2.37. The lowest BCUT2D eigenvalue weighted by Gasteiger charge is -2.23. The summed E-state index contributed by atoms with van der Waals surface area (Å²) >= 11 is 1.19. The van der Waals surface area contributed by atoms with Crippen molar-refractivity contribution in [2.24, 2.45) is 4.99 Å². The first-order valence-electron chi connectivity index (χ1n) is 13.3. The smallest absolute Gasteiger partial charge is 0.338 e. The van der Waals surface area contributed by atoms with Crippen molar-refractivity contribution in [3.8, 4) is 17.2 Å². The average molecular weight is 571 g/mol. The molecule has 0 spiro atoms. The SMILES string of the molecule is CCOC(=O)C1=C(C)n2c(s/c(=C\c3ccccc3O)c2=O)=N[C@@H]1c1ccc(OCc2ccccc2)c(OCC)c1. The number of allylic oxidation sites excluding steroid dienone is 1. The van der Waals surface area contributed by atoms with E-state index in [4.69, 9.17) is 19.2 Å². The fraction of sp³-hybridized carbons (Fsp3) is 0.219. The molecule has 2 heterocycles. The topological polar surface area (TPSA) is 99.4 Å². The Kier molecular flexibility index (Phi) is 8.35. The standard InChI is InChI=1S/C32H30N2O6S/c1-4-38-26-17-23(15-16-25(26)40-19-21-11-7-6-8-12-21)29-28(31(37)39-5-2)20(3)34-30(36)27(41-32(34)33-29)18-22-13-9-10-14-24(22)35/h6-18,29,35H,4-5,19H2,1-3H3/b27-18-/t29-/m1/s1. The molecule has 0 amide bonds. The van der Waals surface area contributed by atoms with Gasteiger partial charge < -0.3 is 19.3 Å². The normalized spacial score (nSPS) is 14.8. The van der Waals surface area contributed by atoms with Gasteiger partial charge in [0, 0.05) is 11.3 Å². The third-order valence-corrected chi connectivity index (χ3v) is 7.57. The molecule has 1 N–H and O–H groups in total. The van der Waals surface area contributed by atoms with Crippen LogP contribution in [0, 0.1) is 0 Å². The van der Waals surface area contributed by atoms with Crippen molar-refractivity contribution in [2.45, 2.75) is 33.4 Å². The summed E-state index contributed by atoms with van der Waals surface area (Å²) in [5, 5.41) is 10.2. The van der Waals surface area contributed by atoms with Crippen LogP contribution in [0.2, 0.25) is 0 Å². The van der Waals surface area contributed by atoms with E-state index >= 15 is 0 Å². The van der Waals surface area contributed by atoms with E-state index in [0.717, 1.165) is 5.56 Å². The zero-order valence-corrected chi connectivity index (χ0v) is 23.8. The molecule has 0 aliphatic carbocycles. The molecule has 0 saturated carbocycles. The number of aromatic hydroxyl groups is 1. The largest absolute Gasteiger partial charge is 0.507 e. The molecule has 41 heavy (non-hydrogen) atoms. The maximum atomic E-state index is 13.5. The molecule has 0 fully saturated rings. The minimum Gasteiger partial charge on any atom is -0.507 e. The molecular formula is C32H30N2O6S. The second kappa shape index (κ2) is 12.3. The van der Waals surface area contributed by atoms with Crippen molar-refractivity contribution in [2.75, 3.05) is 13.2 Å². The number of benzene rings is 3. The number of para-hydroxylation sites is 1. The van der Waals surface area contributed by atoms with Crippen molar-refractivity contribution >= 4 is 29.1 Å². The molecule has 4 aromatic rings. The van der Waals surface area contributed by atoms with Gasteiger partial charge in [-0.2, -0.15) is 0 Å². The van der Waals surface area contributed by atoms with Crippen molar-refractivity contribution in [1.82, 2.24) is 4.57 Å². The quantitative estimate of drug-likeness (QED) is 0.296. The van der Waals surface area contributed by atoms with E-state index in [9.17, 15) is 14.7 Å². The molecule has 1 aromatic heterocycles. The van der Waals surface area contributed by atoms with Crippen LogP contribution in [0.3, 0.4) is 0 Å². The zero-order valence-electron chi connectivity index (χ0n) is 23.0. The minimum atomic E-state index is -0.729. The van der Waals surface area contributed by atoms with E-state index in [0.29, 0.717) is 50.9 Å². The summed E-state index contributed by atoms with van der Waals surface area (Å²) in [5.41, 5.74) is 2.63. The number of ether oxygens (including phenoxy) is 3. The second-order valence-corrected chi connectivity index (χ2v) is 10.3. The fourth-order valence-corrected chi connectivity index (χ4v) is 5.66. The molecule has 0 radical (unpaired) electrons. The van der Waals surface area contributed by atoms with Crippen LogP contribution >= 0.6 is 11.3 Å². The van der Waals surface area contributed by atoms with Gasteiger partial charge in [0.2, 0.25) is 0 Å². The van der Waals surface area contributed by atoms with Crippen LogP contribution in [0.5, 0.6) is 17.2 Å². The van der Waals surface area contributed by atoms with Gasteiger partial charge in [-0.25, -0.2) is 9.79 Å². The Hall–Kier alpha value is -4.63. The Labute approximate surface area is 241 Å². The summed E-state index contributed by atoms with van der Waals surface area (Å²) in [6, 6.07) is 21.4. The molecule has 5 rings (SSSR count). The Morgan fingerprint density at radius 3 is 2.49 bits per heavy atom. The number of aromatic nitrogens is 1. The number of esters is 1. The predicted molar refractivity (Wildman–Crippen MR) is 158 cm³/mol. The molecule has 3 aromatic carbocycles. The van der Waals surface area contributed by atoms with E-state index in [1.165, 1.54) is 15.9 Å². The summed E-state index contributed by atoms with van der Waals surface area (Å²) in [6.45, 7) is 6.31. The van der Waals surface area contributed by atoms with Gasteiger partial charge in [0.25, 0.3) is 5.56 Å². The van der Waals surface area contributed by atoms with E-state index in [1.807, 2.05) is 55.5 Å². The van der Waals surface area contributed by atoms with Gasteiger partial charge in [-0.15, -0.1) is 0 Å². The van der Waals surface area contributed by atoms with Crippen molar-refractivity contribution < 1.29 is 24.1 Å². The van der Waals surface area contributed by atoms with Gasteiger partial charge in [0.05, 0.1) is 23.3 Å². The molecule has 1 atom stereocenters. The van der Waals surface area contributed by atoms with Crippen LogP contribution in [0.15, 0.2) is 88.2 Å². The van der Waals surface area contributed by atoms with E-state index in [-0.39, 0.29) is 23.5 Å². The van der Waals surface area contributed by atoms with Gasteiger partial charge in [0.1, 0.15) is 18.4 Å². The van der Waals surface area contributed by atoms with Crippen LogP contribution in [0.25, 0.3) is 11.8 Å². The van der Waals surface area contributed by atoms with Gasteiger partial charge >= 0.3 is 5.97 Å². The molecule has 9 heteroatoms. The number of hydrogen-bond donors (Lipinski definition) is 1. The number of rotatable bonds is 9. The summed E-state index contributed by atoms with van der Waals surface area (Å²) in [5.74, 6) is 0.618. The number of carbonyl (C=O) groups is 1. The Morgan fingerprint density at radius 1 is 1.00 bits per heavy atom. The number of nitrogens with zero attached hydrogens (tertiary/aromatic N) is 2. The highest BCUT2D eigenvalue weighted by atomic mass is 32.1. The van der Waals surface area contributed by atoms with E-state index in [1.54, 1.807) is 44.2 Å². The minimum absolute atomic E-state index is 0.0654. The zero-order chi connectivity index (χ0) is 28.9. The van der Waals surface area contributed by atoms with Gasteiger partial charge in [-0.3, -0.25) is 9.36 Å². The van der Waals surface area contributed by atoms with Crippen LogP contribution in [0.1, 0.15) is 43.5 Å². The monoisotopic (exact) mass is 570 g/mol. The van der Waals surface area contributed by atoms with Crippen molar-refractivity contribution in [3.63, 3.8) is 0 Å². The number of fused-ring (bicyclic) bond motifs is 1. The fourth-order valence-electron chi connectivity index (χ4n) is 4.63. The highest BCUT2D eigenvalue weighted by Gasteiger charge is 2.32. The maximum Gasteiger partial charge on any atom is 0.338 e. The number of thiazole rings is 1. The lowest BCUT2D eigenvalue weighted by molar-refractivity contribution is -0.138. The highest BCUT2D eigenvalue weighted by molar-refractivity contribution is 7.07. The molecule has 8 nitrogen and oxygen atoms in total.